The molecule has 4 aromatic rings. The van der Waals surface area contributed by atoms with Gasteiger partial charge in [-0.2, -0.15) is 5.10 Å². The van der Waals surface area contributed by atoms with Gasteiger partial charge in [-0.05, 0) is 42.2 Å². The quantitative estimate of drug-likeness (QED) is 0.567. The molecule has 1 aromatic carbocycles. The van der Waals surface area contributed by atoms with Gasteiger partial charge in [0.15, 0.2) is 5.65 Å². The van der Waals surface area contributed by atoms with E-state index in [2.05, 4.69) is 30.0 Å². The largest absolute Gasteiger partial charge is 0.321 e. The molecule has 0 bridgehead atoms. The predicted octanol–water partition coefficient (Wildman–Crippen LogP) is 1.77. The molecule has 3 aromatic heterocycles. The highest BCUT2D eigenvalue weighted by atomic mass is 32.1. The number of aryl methyl sites for hydroxylation is 1. The van der Waals surface area contributed by atoms with E-state index in [0.29, 0.717) is 33.7 Å². The average Bonchev–Trinajstić information content (AvgIpc) is 3.30. The zero-order valence-electron chi connectivity index (χ0n) is 13.6. The Kier molecular flexibility index (Phi) is 4.01. The number of aromatic nitrogens is 6. The van der Waals surface area contributed by atoms with Crippen LogP contribution in [0.2, 0.25) is 0 Å². The molecular weight excluding hydrogens is 354 g/mol. The molecule has 0 spiro atoms. The van der Waals surface area contributed by atoms with Crippen molar-refractivity contribution in [1.82, 2.24) is 29.3 Å². The standard InChI is InChI=1S/C16H13N7O2S/c1-2-12-13(26-22-21-12)16(25)20-9-3-5-10(6-4-9)23-14-11(7-19-23)15(24)18-8-17-14/h3-8H,2H2,1H3,(H,20,25)(H,17,18,24). The molecule has 130 valence electrons. The number of amides is 1. The summed E-state index contributed by atoms with van der Waals surface area (Å²) in [6.45, 7) is 1.93. The minimum absolute atomic E-state index is 0.234. The summed E-state index contributed by atoms with van der Waals surface area (Å²) in [5.74, 6) is -0.234. The van der Waals surface area contributed by atoms with Crippen LogP contribution in [0.3, 0.4) is 0 Å². The second-order valence-electron chi connectivity index (χ2n) is 5.43. The van der Waals surface area contributed by atoms with Gasteiger partial charge >= 0.3 is 0 Å². The average molecular weight is 367 g/mol. The maximum atomic E-state index is 12.3. The van der Waals surface area contributed by atoms with Gasteiger partial charge < -0.3 is 10.3 Å². The van der Waals surface area contributed by atoms with Gasteiger partial charge in [-0.15, -0.1) is 5.10 Å². The number of hydrogen-bond acceptors (Lipinski definition) is 7. The molecular formula is C16H13N7O2S. The van der Waals surface area contributed by atoms with E-state index in [1.54, 1.807) is 28.9 Å². The lowest BCUT2D eigenvalue weighted by atomic mass is 10.2. The fourth-order valence-electron chi connectivity index (χ4n) is 2.53. The molecule has 0 aliphatic carbocycles. The first-order chi connectivity index (χ1) is 12.7. The Morgan fingerprint density at radius 1 is 1.31 bits per heavy atom. The Labute approximate surface area is 150 Å². The minimum atomic E-state index is -0.241. The Balaban J connectivity index is 1.60. The molecule has 4 rings (SSSR count). The van der Waals surface area contributed by atoms with Crippen molar-refractivity contribution in [3.8, 4) is 5.69 Å². The molecule has 0 saturated carbocycles. The predicted molar refractivity (Wildman–Crippen MR) is 96.7 cm³/mol. The number of carbonyl (C=O) groups is 1. The van der Waals surface area contributed by atoms with Gasteiger partial charge in [0.05, 0.1) is 23.9 Å². The number of anilines is 1. The zero-order valence-corrected chi connectivity index (χ0v) is 14.4. The lowest BCUT2D eigenvalue weighted by Crippen LogP contribution is -2.12. The minimum Gasteiger partial charge on any atom is -0.321 e. The first kappa shape index (κ1) is 16.1. The summed E-state index contributed by atoms with van der Waals surface area (Å²) >= 11 is 1.08. The van der Waals surface area contributed by atoms with Gasteiger partial charge in [-0.1, -0.05) is 11.4 Å². The van der Waals surface area contributed by atoms with Gasteiger partial charge in [0, 0.05) is 5.69 Å². The third-order valence-corrected chi connectivity index (χ3v) is 4.60. The van der Waals surface area contributed by atoms with Crippen LogP contribution in [-0.4, -0.2) is 35.2 Å². The van der Waals surface area contributed by atoms with Crippen molar-refractivity contribution in [3.05, 3.63) is 57.7 Å². The summed E-state index contributed by atoms with van der Waals surface area (Å²) in [4.78, 5) is 31.3. The normalized spacial score (nSPS) is 11.0. The number of nitrogens with one attached hydrogen (secondary N) is 2. The Hall–Kier alpha value is -3.40. The van der Waals surface area contributed by atoms with E-state index < -0.39 is 0 Å². The van der Waals surface area contributed by atoms with E-state index in [9.17, 15) is 9.59 Å². The first-order valence-corrected chi connectivity index (χ1v) is 8.59. The van der Waals surface area contributed by atoms with Gasteiger partial charge in [0.2, 0.25) is 0 Å². The molecule has 2 N–H and O–H groups in total. The van der Waals surface area contributed by atoms with Crippen molar-refractivity contribution in [2.45, 2.75) is 13.3 Å². The summed E-state index contributed by atoms with van der Waals surface area (Å²) in [5, 5.41) is 11.4. The van der Waals surface area contributed by atoms with Gasteiger partial charge in [-0.3, -0.25) is 9.59 Å². The monoisotopic (exact) mass is 367 g/mol. The molecule has 0 aliphatic rings. The summed E-state index contributed by atoms with van der Waals surface area (Å²) < 4.78 is 5.39. The topological polar surface area (TPSA) is 118 Å². The van der Waals surface area contributed by atoms with Gasteiger partial charge in [-0.25, -0.2) is 9.67 Å². The van der Waals surface area contributed by atoms with Crippen LogP contribution in [-0.2, 0) is 6.42 Å². The second kappa shape index (κ2) is 6.48. The van der Waals surface area contributed by atoms with Crippen molar-refractivity contribution >= 4 is 34.2 Å². The van der Waals surface area contributed by atoms with Crippen molar-refractivity contribution in [2.75, 3.05) is 5.32 Å². The van der Waals surface area contributed by atoms with E-state index in [1.807, 2.05) is 6.92 Å². The summed E-state index contributed by atoms with van der Waals surface area (Å²) in [5.41, 5.74) is 2.27. The lowest BCUT2D eigenvalue weighted by molar-refractivity contribution is 0.102. The Morgan fingerprint density at radius 3 is 2.88 bits per heavy atom. The second-order valence-corrected chi connectivity index (χ2v) is 6.18. The summed E-state index contributed by atoms with van der Waals surface area (Å²) in [6.07, 6.45) is 3.46. The van der Waals surface area contributed by atoms with E-state index in [4.69, 9.17) is 0 Å². The SMILES string of the molecule is CCc1nnsc1C(=O)Nc1ccc(-n2ncc3c(=O)[nH]cnc32)cc1. The number of carbonyl (C=O) groups excluding carboxylic acids is 1. The number of rotatable bonds is 4. The molecule has 9 nitrogen and oxygen atoms in total. The van der Waals surface area contributed by atoms with Crippen LogP contribution in [0.25, 0.3) is 16.7 Å². The molecule has 0 fully saturated rings. The highest BCUT2D eigenvalue weighted by Crippen LogP contribution is 2.18. The Bertz CT molecular complexity index is 1140. The number of fused-ring (bicyclic) bond motifs is 1. The Morgan fingerprint density at radius 2 is 2.12 bits per heavy atom. The van der Waals surface area contributed by atoms with E-state index in [-0.39, 0.29) is 11.5 Å². The fraction of sp³-hybridized carbons (Fsp3) is 0.125. The van der Waals surface area contributed by atoms with Crippen molar-refractivity contribution in [1.29, 1.82) is 0 Å². The molecule has 1 amide bonds. The number of H-pyrrole nitrogens is 1. The lowest BCUT2D eigenvalue weighted by Gasteiger charge is -2.06. The first-order valence-electron chi connectivity index (χ1n) is 7.82. The summed E-state index contributed by atoms with van der Waals surface area (Å²) in [6, 6.07) is 7.09. The highest BCUT2D eigenvalue weighted by molar-refractivity contribution is 7.08. The van der Waals surface area contributed by atoms with Gasteiger partial charge in [0.1, 0.15) is 10.3 Å². The van der Waals surface area contributed by atoms with Crippen LogP contribution < -0.4 is 10.9 Å². The summed E-state index contributed by atoms with van der Waals surface area (Å²) in [7, 11) is 0. The number of nitrogens with zero attached hydrogens (tertiary/aromatic N) is 5. The maximum Gasteiger partial charge on any atom is 0.269 e. The van der Waals surface area contributed by atoms with Crippen LogP contribution in [0, 0.1) is 0 Å². The highest BCUT2D eigenvalue weighted by Gasteiger charge is 2.15. The molecule has 0 atom stereocenters. The number of benzene rings is 1. The fourth-order valence-corrected chi connectivity index (χ4v) is 3.18. The number of hydrogen-bond donors (Lipinski definition) is 2. The maximum absolute atomic E-state index is 12.3. The van der Waals surface area contributed by atoms with Crippen molar-refractivity contribution < 1.29 is 4.79 Å². The van der Waals surface area contributed by atoms with E-state index in [0.717, 1.165) is 17.2 Å². The smallest absolute Gasteiger partial charge is 0.269 e. The zero-order chi connectivity index (χ0) is 18.1. The van der Waals surface area contributed by atoms with Crippen molar-refractivity contribution in [2.24, 2.45) is 0 Å². The van der Waals surface area contributed by atoms with Crippen molar-refractivity contribution in [3.63, 3.8) is 0 Å². The molecule has 10 heteroatoms. The third-order valence-electron chi connectivity index (χ3n) is 3.84. The number of aromatic amines is 1. The molecule has 26 heavy (non-hydrogen) atoms. The molecule has 0 unspecified atom stereocenters. The molecule has 0 saturated heterocycles. The van der Waals surface area contributed by atoms with Crippen LogP contribution in [0.5, 0.6) is 0 Å². The van der Waals surface area contributed by atoms with Gasteiger partial charge in [0.25, 0.3) is 11.5 Å². The van der Waals surface area contributed by atoms with Crippen LogP contribution in [0.1, 0.15) is 22.3 Å². The van der Waals surface area contributed by atoms with Crippen LogP contribution in [0.4, 0.5) is 5.69 Å². The molecule has 3 heterocycles. The molecule has 0 aliphatic heterocycles. The molecule has 0 radical (unpaired) electrons. The van der Waals surface area contributed by atoms with E-state index >= 15 is 0 Å². The third kappa shape index (κ3) is 2.75. The van der Waals surface area contributed by atoms with Crippen LogP contribution >= 0.6 is 11.5 Å². The van der Waals surface area contributed by atoms with Crippen LogP contribution in [0.15, 0.2) is 41.6 Å². The van der Waals surface area contributed by atoms with E-state index in [1.165, 1.54) is 12.5 Å².